The predicted octanol–water partition coefficient (Wildman–Crippen LogP) is 0.0827. The number of esters is 1. The highest BCUT2D eigenvalue weighted by Crippen LogP contribution is 2.25. The molecular weight excluding hydrogens is 215 g/mol. The Balaban J connectivity index is 0. The molecule has 0 saturated heterocycles. The summed E-state index contributed by atoms with van der Waals surface area (Å²) >= 11 is 0. The zero-order valence-electron chi connectivity index (χ0n) is 7.75. The number of aliphatic hydroxyl groups is 1. The average molecular weight is 228 g/mol. The van der Waals surface area contributed by atoms with E-state index in [1.165, 1.54) is 6.08 Å². The summed E-state index contributed by atoms with van der Waals surface area (Å²) in [6.07, 6.45) is 1.29. The number of ether oxygens (including phenoxy) is 1. The summed E-state index contributed by atoms with van der Waals surface area (Å²) in [5, 5.41) is 8.64. The lowest BCUT2D eigenvalue weighted by molar-refractivity contribution is -0.141. The highest BCUT2D eigenvalue weighted by Gasteiger charge is 2.04. The first-order chi connectivity index (χ1) is 6.22. The molecule has 0 atom stereocenters. The molecule has 0 aromatic heterocycles. The number of carbonyl (C=O) groups excluding carboxylic acids is 1. The number of rotatable bonds is 2. The van der Waals surface area contributed by atoms with E-state index in [1.54, 1.807) is 13.8 Å². The molecule has 0 rings (SSSR count). The molecule has 0 aliphatic rings. The lowest BCUT2D eigenvalue weighted by Crippen LogP contribution is -2.06. The van der Waals surface area contributed by atoms with Gasteiger partial charge in [-0.1, -0.05) is 0 Å². The van der Waals surface area contributed by atoms with E-state index in [2.05, 4.69) is 4.74 Å². The largest absolute Gasteiger partial charge is 0.502 e. The minimum atomic E-state index is -4.64. The maximum absolute atomic E-state index is 10.4. The van der Waals surface area contributed by atoms with Crippen molar-refractivity contribution in [3.05, 3.63) is 11.8 Å². The Hall–Kier alpha value is -0.880. The van der Waals surface area contributed by atoms with Crippen LogP contribution < -0.4 is 0 Å². The Bertz CT molecular complexity index is 232. The molecule has 0 radical (unpaired) electrons. The van der Waals surface area contributed by atoms with Crippen LogP contribution in [0, 0.1) is 0 Å². The minimum absolute atomic E-state index is 0.288. The zero-order chi connectivity index (χ0) is 11.8. The van der Waals surface area contributed by atoms with Crippen LogP contribution in [0.4, 0.5) is 0 Å². The van der Waals surface area contributed by atoms with Crippen molar-refractivity contribution in [2.24, 2.45) is 0 Å². The Morgan fingerprint density at radius 2 is 1.79 bits per heavy atom. The topological polar surface area (TPSA) is 124 Å². The molecule has 0 amide bonds. The van der Waals surface area contributed by atoms with Gasteiger partial charge in [-0.15, -0.1) is 0 Å². The van der Waals surface area contributed by atoms with Crippen LogP contribution in [0.2, 0.25) is 0 Å². The molecule has 0 spiro atoms. The Morgan fingerprint density at radius 3 is 2.00 bits per heavy atom. The standard InChI is InChI=1S/C6H10O3.H3O4P/c1-3-5(7)6(8)9-4-2;1-5(2,3)4/h3,7H,4H2,1-2H3;(H3,1,2,3,4). The molecule has 0 bridgehead atoms. The van der Waals surface area contributed by atoms with Crippen molar-refractivity contribution in [1.29, 1.82) is 0 Å². The third-order valence-corrected chi connectivity index (χ3v) is 0.758. The lowest BCUT2D eigenvalue weighted by Gasteiger charge is -1.97. The molecule has 0 aliphatic heterocycles. The van der Waals surface area contributed by atoms with Crippen molar-refractivity contribution < 1.29 is 33.9 Å². The molecule has 0 aromatic rings. The van der Waals surface area contributed by atoms with Gasteiger partial charge in [0.25, 0.3) is 0 Å². The van der Waals surface area contributed by atoms with Crippen LogP contribution >= 0.6 is 7.82 Å². The minimum Gasteiger partial charge on any atom is -0.502 e. The van der Waals surface area contributed by atoms with E-state index in [-0.39, 0.29) is 12.4 Å². The highest BCUT2D eigenvalue weighted by atomic mass is 31.2. The molecule has 4 N–H and O–H groups in total. The van der Waals surface area contributed by atoms with E-state index in [9.17, 15) is 4.79 Å². The number of hydrogen-bond donors (Lipinski definition) is 4. The van der Waals surface area contributed by atoms with Gasteiger partial charge >= 0.3 is 13.8 Å². The number of allylic oxidation sites excluding steroid dienone is 1. The quantitative estimate of drug-likeness (QED) is 0.228. The predicted molar refractivity (Wildman–Crippen MR) is 47.3 cm³/mol. The molecule has 0 saturated carbocycles. The third-order valence-electron chi connectivity index (χ3n) is 0.758. The number of carbonyl (C=O) groups is 1. The number of hydrogen-bond acceptors (Lipinski definition) is 4. The van der Waals surface area contributed by atoms with Crippen LogP contribution in [-0.4, -0.2) is 32.4 Å². The lowest BCUT2D eigenvalue weighted by atomic mass is 10.5. The summed E-state index contributed by atoms with van der Waals surface area (Å²) in [6, 6.07) is 0. The second kappa shape index (κ2) is 7.52. The molecule has 0 fully saturated rings. The second-order valence-electron chi connectivity index (χ2n) is 1.91. The maximum Gasteiger partial charge on any atom is 0.466 e. The van der Waals surface area contributed by atoms with Crippen molar-refractivity contribution in [1.82, 2.24) is 0 Å². The molecule has 8 heteroatoms. The molecule has 0 unspecified atom stereocenters. The van der Waals surface area contributed by atoms with Gasteiger partial charge in [0.1, 0.15) is 0 Å². The van der Waals surface area contributed by atoms with Gasteiger partial charge in [-0.3, -0.25) is 0 Å². The van der Waals surface area contributed by atoms with Crippen molar-refractivity contribution in [2.75, 3.05) is 6.61 Å². The smallest absolute Gasteiger partial charge is 0.466 e. The number of aliphatic hydroxyl groups excluding tert-OH is 1. The van der Waals surface area contributed by atoms with Gasteiger partial charge in [0.15, 0.2) is 5.76 Å². The van der Waals surface area contributed by atoms with Crippen LogP contribution in [-0.2, 0) is 14.1 Å². The van der Waals surface area contributed by atoms with Gasteiger partial charge < -0.3 is 24.5 Å². The van der Waals surface area contributed by atoms with E-state index in [1.807, 2.05) is 0 Å². The van der Waals surface area contributed by atoms with E-state index < -0.39 is 13.8 Å². The molecule has 84 valence electrons. The Kier molecular flexibility index (Phi) is 8.37. The molecular formula is C6H13O7P. The van der Waals surface area contributed by atoms with Gasteiger partial charge in [-0.2, -0.15) is 0 Å². The fourth-order valence-electron chi connectivity index (χ4n) is 0.323. The van der Waals surface area contributed by atoms with Crippen LogP contribution in [0.5, 0.6) is 0 Å². The molecule has 0 aromatic carbocycles. The Labute approximate surface area is 80.9 Å². The summed E-state index contributed by atoms with van der Waals surface area (Å²) in [5.74, 6) is -1.00. The number of phosphoric acid groups is 1. The zero-order valence-corrected chi connectivity index (χ0v) is 8.64. The van der Waals surface area contributed by atoms with Gasteiger partial charge in [-0.05, 0) is 19.9 Å². The first-order valence-electron chi connectivity index (χ1n) is 3.53. The summed E-state index contributed by atoms with van der Waals surface area (Å²) in [6.45, 7) is 3.53. The highest BCUT2D eigenvalue weighted by molar-refractivity contribution is 7.45. The van der Waals surface area contributed by atoms with Gasteiger partial charge in [0, 0.05) is 0 Å². The summed E-state index contributed by atoms with van der Waals surface area (Å²) in [4.78, 5) is 32.0. The first kappa shape index (κ1) is 15.6. The van der Waals surface area contributed by atoms with Crippen LogP contribution in [0.25, 0.3) is 0 Å². The monoisotopic (exact) mass is 228 g/mol. The SMILES string of the molecule is CC=C(O)C(=O)OCC.O=P(O)(O)O. The fraction of sp³-hybridized carbons (Fsp3) is 0.500. The third kappa shape index (κ3) is 17.3. The second-order valence-corrected chi connectivity index (χ2v) is 2.93. The average Bonchev–Trinajstić information content (AvgIpc) is 2.00. The van der Waals surface area contributed by atoms with E-state index in [4.69, 9.17) is 24.4 Å². The van der Waals surface area contributed by atoms with Gasteiger partial charge in [0.05, 0.1) is 6.61 Å². The summed E-state index contributed by atoms with van der Waals surface area (Å²) in [5.41, 5.74) is 0. The summed E-state index contributed by atoms with van der Waals surface area (Å²) < 4.78 is 13.3. The normalized spacial score (nSPS) is 11.4. The van der Waals surface area contributed by atoms with Gasteiger partial charge in [-0.25, -0.2) is 9.36 Å². The van der Waals surface area contributed by atoms with Crippen molar-refractivity contribution in [2.45, 2.75) is 13.8 Å². The molecule has 0 aliphatic carbocycles. The molecule has 7 nitrogen and oxygen atoms in total. The van der Waals surface area contributed by atoms with Crippen LogP contribution in [0.1, 0.15) is 13.8 Å². The van der Waals surface area contributed by atoms with E-state index in [0.29, 0.717) is 0 Å². The Morgan fingerprint density at radius 1 is 1.43 bits per heavy atom. The summed E-state index contributed by atoms with van der Waals surface area (Å²) in [7, 11) is -4.64. The van der Waals surface area contributed by atoms with Crippen molar-refractivity contribution >= 4 is 13.8 Å². The van der Waals surface area contributed by atoms with Crippen molar-refractivity contribution in [3.8, 4) is 0 Å². The van der Waals surface area contributed by atoms with E-state index in [0.717, 1.165) is 0 Å². The van der Waals surface area contributed by atoms with Crippen LogP contribution in [0.15, 0.2) is 11.8 Å². The van der Waals surface area contributed by atoms with Gasteiger partial charge in [0.2, 0.25) is 0 Å². The van der Waals surface area contributed by atoms with E-state index >= 15 is 0 Å². The van der Waals surface area contributed by atoms with Crippen LogP contribution in [0.3, 0.4) is 0 Å². The van der Waals surface area contributed by atoms with Crippen molar-refractivity contribution in [3.63, 3.8) is 0 Å². The molecule has 0 heterocycles. The fourth-order valence-corrected chi connectivity index (χ4v) is 0.323. The maximum atomic E-state index is 10.4. The first-order valence-corrected chi connectivity index (χ1v) is 5.09. The molecule has 14 heavy (non-hydrogen) atoms.